The molecule has 3 aromatic rings. The molecule has 6 heteroatoms. The molecule has 0 aliphatic heterocycles. The number of anilines is 1. The molecule has 2 aromatic carbocycles. The van der Waals surface area contributed by atoms with Crippen LogP contribution in [0, 0.1) is 6.92 Å². The fourth-order valence-electron chi connectivity index (χ4n) is 2.68. The molecule has 1 aromatic heterocycles. The predicted octanol–water partition coefficient (Wildman–Crippen LogP) is 3.74. The molecule has 1 amide bonds. The highest BCUT2D eigenvalue weighted by atomic mass is 16.5. The standard InChI is InChI=1S/C21H20N2O4/c1-3-26-16-10-8-15(9-11-16)23-20(24)13-27-21(25)18-12-14(2)22-19-7-5-4-6-17(18)19/h4-12H,3,13H2,1-2H3,(H,23,24). The summed E-state index contributed by atoms with van der Waals surface area (Å²) < 4.78 is 10.5. The number of ether oxygens (including phenoxy) is 2. The first kappa shape index (κ1) is 18.4. The van der Waals surface area contributed by atoms with Crippen molar-refractivity contribution in [1.29, 1.82) is 0 Å². The van der Waals surface area contributed by atoms with Gasteiger partial charge in [0.2, 0.25) is 0 Å². The zero-order valence-corrected chi connectivity index (χ0v) is 15.2. The van der Waals surface area contributed by atoms with Crippen molar-refractivity contribution in [3.63, 3.8) is 0 Å². The van der Waals surface area contributed by atoms with Gasteiger partial charge >= 0.3 is 5.97 Å². The molecule has 0 aliphatic rings. The molecule has 0 unspecified atom stereocenters. The smallest absolute Gasteiger partial charge is 0.339 e. The van der Waals surface area contributed by atoms with E-state index in [1.54, 1.807) is 36.4 Å². The monoisotopic (exact) mass is 364 g/mol. The number of esters is 1. The number of aryl methyl sites for hydroxylation is 1. The van der Waals surface area contributed by atoms with Crippen LogP contribution in [0.5, 0.6) is 5.75 Å². The van der Waals surface area contributed by atoms with E-state index in [4.69, 9.17) is 9.47 Å². The van der Waals surface area contributed by atoms with Gasteiger partial charge in [0.25, 0.3) is 5.91 Å². The maximum Gasteiger partial charge on any atom is 0.339 e. The summed E-state index contributed by atoms with van der Waals surface area (Å²) in [5, 5.41) is 3.38. The Morgan fingerprint density at radius 2 is 1.81 bits per heavy atom. The van der Waals surface area contributed by atoms with E-state index < -0.39 is 11.9 Å². The van der Waals surface area contributed by atoms with Gasteiger partial charge in [-0.15, -0.1) is 0 Å². The minimum Gasteiger partial charge on any atom is -0.494 e. The van der Waals surface area contributed by atoms with Crippen molar-refractivity contribution in [2.45, 2.75) is 13.8 Å². The fraction of sp³-hybridized carbons (Fsp3) is 0.190. The van der Waals surface area contributed by atoms with Crippen molar-refractivity contribution in [2.24, 2.45) is 0 Å². The number of amides is 1. The molecule has 1 N–H and O–H groups in total. The highest BCUT2D eigenvalue weighted by Crippen LogP contribution is 2.19. The molecule has 6 nitrogen and oxygen atoms in total. The number of nitrogens with zero attached hydrogens (tertiary/aromatic N) is 1. The summed E-state index contributed by atoms with van der Waals surface area (Å²) in [4.78, 5) is 28.9. The normalized spacial score (nSPS) is 10.4. The SMILES string of the molecule is CCOc1ccc(NC(=O)COC(=O)c2cc(C)nc3ccccc23)cc1. The van der Waals surface area contributed by atoms with E-state index in [1.807, 2.05) is 32.0 Å². The summed E-state index contributed by atoms with van der Waals surface area (Å²) in [6.45, 7) is 3.91. The summed E-state index contributed by atoms with van der Waals surface area (Å²) in [5.74, 6) is -0.247. The van der Waals surface area contributed by atoms with Crippen LogP contribution in [0.25, 0.3) is 10.9 Å². The van der Waals surface area contributed by atoms with Crippen molar-refractivity contribution >= 4 is 28.5 Å². The number of aromatic nitrogens is 1. The van der Waals surface area contributed by atoms with Crippen LogP contribution in [0.4, 0.5) is 5.69 Å². The molecule has 3 rings (SSSR count). The first-order chi connectivity index (χ1) is 13.1. The maximum absolute atomic E-state index is 12.4. The fourth-order valence-corrected chi connectivity index (χ4v) is 2.68. The molecule has 138 valence electrons. The number of pyridine rings is 1. The third-order valence-corrected chi connectivity index (χ3v) is 3.85. The number of hydrogen-bond donors (Lipinski definition) is 1. The van der Waals surface area contributed by atoms with Gasteiger partial charge in [-0.1, -0.05) is 18.2 Å². The molecular weight excluding hydrogens is 344 g/mol. The second-order valence-corrected chi connectivity index (χ2v) is 5.91. The molecule has 27 heavy (non-hydrogen) atoms. The van der Waals surface area contributed by atoms with E-state index in [0.717, 1.165) is 5.75 Å². The van der Waals surface area contributed by atoms with E-state index in [1.165, 1.54) is 0 Å². The van der Waals surface area contributed by atoms with Crippen molar-refractivity contribution in [2.75, 3.05) is 18.5 Å². The Hall–Kier alpha value is -3.41. The molecule has 0 aliphatic carbocycles. The molecule has 0 bridgehead atoms. The Labute approximate surface area is 157 Å². The van der Waals surface area contributed by atoms with Crippen molar-refractivity contribution in [1.82, 2.24) is 4.98 Å². The largest absolute Gasteiger partial charge is 0.494 e. The molecular formula is C21H20N2O4. The Bertz CT molecular complexity index is 968. The number of rotatable bonds is 6. The van der Waals surface area contributed by atoms with E-state index in [0.29, 0.717) is 34.5 Å². The minimum absolute atomic E-state index is 0.373. The van der Waals surface area contributed by atoms with Crippen LogP contribution in [0.15, 0.2) is 54.6 Å². The van der Waals surface area contributed by atoms with Gasteiger partial charge < -0.3 is 14.8 Å². The lowest BCUT2D eigenvalue weighted by Crippen LogP contribution is -2.21. The van der Waals surface area contributed by atoms with Gasteiger partial charge in [-0.2, -0.15) is 0 Å². The van der Waals surface area contributed by atoms with Crippen molar-refractivity contribution in [3.05, 3.63) is 65.9 Å². The first-order valence-electron chi connectivity index (χ1n) is 8.63. The van der Waals surface area contributed by atoms with Crippen LogP contribution in [-0.4, -0.2) is 30.1 Å². The number of benzene rings is 2. The zero-order chi connectivity index (χ0) is 19.2. The number of fused-ring (bicyclic) bond motifs is 1. The lowest BCUT2D eigenvalue weighted by Gasteiger charge is -2.09. The first-order valence-corrected chi connectivity index (χ1v) is 8.63. The number of nitrogens with one attached hydrogen (secondary N) is 1. The van der Waals surface area contributed by atoms with Gasteiger partial charge in [0.1, 0.15) is 5.75 Å². The van der Waals surface area contributed by atoms with E-state index in [9.17, 15) is 9.59 Å². The third kappa shape index (κ3) is 4.61. The molecule has 0 spiro atoms. The second kappa shape index (κ2) is 8.31. The molecule has 0 atom stereocenters. The van der Waals surface area contributed by atoms with Gasteiger partial charge in [-0.05, 0) is 50.2 Å². The van der Waals surface area contributed by atoms with Crippen LogP contribution < -0.4 is 10.1 Å². The Morgan fingerprint density at radius 3 is 2.56 bits per heavy atom. The van der Waals surface area contributed by atoms with E-state index in [2.05, 4.69) is 10.3 Å². The molecule has 0 saturated carbocycles. The summed E-state index contributed by atoms with van der Waals surface area (Å²) in [6.07, 6.45) is 0. The number of carbonyl (C=O) groups is 2. The van der Waals surface area contributed by atoms with Gasteiger partial charge in [0.05, 0.1) is 17.7 Å². The van der Waals surface area contributed by atoms with E-state index in [-0.39, 0.29) is 6.61 Å². The topological polar surface area (TPSA) is 77.5 Å². The third-order valence-electron chi connectivity index (χ3n) is 3.85. The van der Waals surface area contributed by atoms with Crippen LogP contribution in [0.2, 0.25) is 0 Å². The van der Waals surface area contributed by atoms with Gasteiger partial charge in [0, 0.05) is 16.8 Å². The number of para-hydroxylation sites is 1. The predicted molar refractivity (Wildman–Crippen MR) is 103 cm³/mol. The Kier molecular flexibility index (Phi) is 5.66. The highest BCUT2D eigenvalue weighted by molar-refractivity contribution is 6.04. The minimum atomic E-state index is -0.557. The van der Waals surface area contributed by atoms with Crippen LogP contribution in [0.3, 0.4) is 0 Å². The maximum atomic E-state index is 12.4. The van der Waals surface area contributed by atoms with Gasteiger partial charge in [-0.25, -0.2) is 4.79 Å². The van der Waals surface area contributed by atoms with Crippen LogP contribution in [0.1, 0.15) is 23.0 Å². The second-order valence-electron chi connectivity index (χ2n) is 5.91. The summed E-state index contributed by atoms with van der Waals surface area (Å²) in [7, 11) is 0. The number of hydrogen-bond acceptors (Lipinski definition) is 5. The lowest BCUT2D eigenvalue weighted by molar-refractivity contribution is -0.119. The summed E-state index contributed by atoms with van der Waals surface area (Å²) >= 11 is 0. The van der Waals surface area contributed by atoms with Crippen molar-refractivity contribution in [3.8, 4) is 5.75 Å². The highest BCUT2D eigenvalue weighted by Gasteiger charge is 2.15. The van der Waals surface area contributed by atoms with Crippen LogP contribution in [-0.2, 0) is 9.53 Å². The molecule has 1 heterocycles. The average Bonchev–Trinajstić information content (AvgIpc) is 2.67. The molecule has 0 fully saturated rings. The van der Waals surface area contributed by atoms with Gasteiger partial charge in [-0.3, -0.25) is 9.78 Å². The zero-order valence-electron chi connectivity index (χ0n) is 15.2. The Balaban J connectivity index is 1.63. The van der Waals surface area contributed by atoms with E-state index >= 15 is 0 Å². The molecule has 0 saturated heterocycles. The van der Waals surface area contributed by atoms with Gasteiger partial charge in [0.15, 0.2) is 6.61 Å². The summed E-state index contributed by atoms with van der Waals surface area (Å²) in [5.41, 5.74) is 2.42. The van der Waals surface area contributed by atoms with Crippen LogP contribution >= 0.6 is 0 Å². The molecule has 0 radical (unpaired) electrons. The average molecular weight is 364 g/mol. The Morgan fingerprint density at radius 1 is 1.07 bits per heavy atom. The number of carbonyl (C=O) groups excluding carboxylic acids is 2. The quantitative estimate of drug-likeness (QED) is 0.674. The summed E-state index contributed by atoms with van der Waals surface area (Å²) in [6, 6.07) is 16.0. The lowest BCUT2D eigenvalue weighted by atomic mass is 10.1. The van der Waals surface area contributed by atoms with Crippen molar-refractivity contribution < 1.29 is 19.1 Å².